The molecular weight excluding hydrogens is 291 g/mol. The van der Waals surface area contributed by atoms with E-state index in [1.54, 1.807) is 6.07 Å². The highest BCUT2D eigenvalue weighted by Crippen LogP contribution is 2.21. The molecule has 1 aliphatic carbocycles. The lowest BCUT2D eigenvalue weighted by Crippen LogP contribution is -2.36. The molecule has 1 fully saturated rings. The third-order valence-corrected chi connectivity index (χ3v) is 3.22. The largest absolute Gasteiger partial charge is 0.335 e. The number of rotatable bonds is 3. The van der Waals surface area contributed by atoms with E-state index in [-0.39, 0.29) is 6.03 Å². The first-order valence-corrected chi connectivity index (χ1v) is 6.30. The summed E-state index contributed by atoms with van der Waals surface area (Å²) < 4.78 is 0.955. The smallest absolute Gasteiger partial charge is 0.315 e. The molecule has 0 saturated heterocycles. The van der Waals surface area contributed by atoms with E-state index in [2.05, 4.69) is 26.6 Å². The number of carbonyl (C=O) groups excluding carboxylic acids is 1. The number of hydrogen-bond acceptors (Lipinski definition) is 1. The zero-order chi connectivity index (χ0) is 11.5. The van der Waals surface area contributed by atoms with Crippen LogP contribution >= 0.6 is 27.5 Å². The van der Waals surface area contributed by atoms with Crippen LogP contribution in [0.4, 0.5) is 4.79 Å². The van der Waals surface area contributed by atoms with Crippen LogP contribution in [-0.2, 0) is 6.54 Å². The Morgan fingerprint density at radius 3 is 2.94 bits per heavy atom. The Morgan fingerprint density at radius 1 is 1.50 bits per heavy atom. The fraction of sp³-hybridized carbons (Fsp3) is 0.364. The minimum atomic E-state index is -0.126. The number of hydrogen-bond donors (Lipinski definition) is 2. The van der Waals surface area contributed by atoms with Crippen LogP contribution in [0.1, 0.15) is 18.4 Å². The van der Waals surface area contributed by atoms with E-state index >= 15 is 0 Å². The summed E-state index contributed by atoms with van der Waals surface area (Å²) in [7, 11) is 0. The summed E-state index contributed by atoms with van der Waals surface area (Å²) in [5.74, 6) is 0. The maximum Gasteiger partial charge on any atom is 0.315 e. The Kier molecular flexibility index (Phi) is 3.71. The van der Waals surface area contributed by atoms with Crippen LogP contribution in [0.5, 0.6) is 0 Å². The van der Waals surface area contributed by atoms with Crippen molar-refractivity contribution in [3.05, 3.63) is 33.3 Å². The van der Waals surface area contributed by atoms with Crippen molar-refractivity contribution in [2.75, 3.05) is 0 Å². The van der Waals surface area contributed by atoms with Gasteiger partial charge in [0.2, 0.25) is 0 Å². The molecule has 2 amide bonds. The van der Waals surface area contributed by atoms with E-state index in [0.717, 1.165) is 22.9 Å². The average Bonchev–Trinajstić information content (AvgIpc) is 3.03. The summed E-state index contributed by atoms with van der Waals surface area (Å²) in [4.78, 5) is 11.4. The minimum Gasteiger partial charge on any atom is -0.335 e. The van der Waals surface area contributed by atoms with E-state index in [1.807, 2.05) is 12.1 Å². The van der Waals surface area contributed by atoms with E-state index in [9.17, 15) is 4.79 Å². The SMILES string of the molecule is O=C(NCc1cc(Br)ccc1Cl)NC1CC1. The second kappa shape index (κ2) is 5.06. The van der Waals surface area contributed by atoms with Gasteiger partial charge in [-0.15, -0.1) is 0 Å². The molecule has 0 aromatic heterocycles. The van der Waals surface area contributed by atoms with Crippen molar-refractivity contribution in [2.24, 2.45) is 0 Å². The lowest BCUT2D eigenvalue weighted by Gasteiger charge is -2.08. The standard InChI is InChI=1S/C11H12BrClN2O/c12-8-1-4-10(13)7(5-8)6-14-11(16)15-9-2-3-9/h1,4-5,9H,2-3,6H2,(H2,14,15,16). The number of nitrogens with one attached hydrogen (secondary N) is 2. The highest BCUT2D eigenvalue weighted by atomic mass is 79.9. The summed E-state index contributed by atoms with van der Waals surface area (Å²) in [5, 5.41) is 6.30. The molecule has 16 heavy (non-hydrogen) atoms. The number of halogens is 2. The fourth-order valence-electron chi connectivity index (χ4n) is 1.32. The zero-order valence-electron chi connectivity index (χ0n) is 8.59. The quantitative estimate of drug-likeness (QED) is 0.885. The molecule has 1 aromatic carbocycles. The number of urea groups is 1. The number of benzene rings is 1. The van der Waals surface area contributed by atoms with Crippen molar-refractivity contribution in [1.29, 1.82) is 0 Å². The van der Waals surface area contributed by atoms with Crippen molar-refractivity contribution in [1.82, 2.24) is 10.6 Å². The molecule has 86 valence electrons. The van der Waals surface area contributed by atoms with Gasteiger partial charge in [-0.3, -0.25) is 0 Å². The van der Waals surface area contributed by atoms with E-state index in [0.29, 0.717) is 17.6 Å². The van der Waals surface area contributed by atoms with Crippen LogP contribution in [0.2, 0.25) is 5.02 Å². The maximum atomic E-state index is 11.4. The average molecular weight is 304 g/mol. The van der Waals surface area contributed by atoms with Gasteiger partial charge in [-0.1, -0.05) is 27.5 Å². The molecule has 2 rings (SSSR count). The van der Waals surface area contributed by atoms with E-state index < -0.39 is 0 Å². The molecule has 1 saturated carbocycles. The summed E-state index contributed by atoms with van der Waals surface area (Å²) in [6.45, 7) is 0.441. The predicted molar refractivity (Wildman–Crippen MR) is 67.5 cm³/mol. The van der Waals surface area contributed by atoms with Gasteiger partial charge in [-0.2, -0.15) is 0 Å². The van der Waals surface area contributed by atoms with Crippen LogP contribution in [0, 0.1) is 0 Å². The highest BCUT2D eigenvalue weighted by Gasteiger charge is 2.22. The molecule has 1 aromatic rings. The first-order chi connectivity index (χ1) is 7.65. The molecule has 0 unspecified atom stereocenters. The third kappa shape index (κ3) is 3.39. The van der Waals surface area contributed by atoms with Gasteiger partial charge in [0.1, 0.15) is 0 Å². The topological polar surface area (TPSA) is 41.1 Å². The summed E-state index contributed by atoms with van der Waals surface area (Å²) in [5.41, 5.74) is 0.905. The van der Waals surface area contributed by atoms with Gasteiger partial charge < -0.3 is 10.6 Å². The molecule has 0 aliphatic heterocycles. The van der Waals surface area contributed by atoms with Gasteiger partial charge in [0.25, 0.3) is 0 Å². The van der Waals surface area contributed by atoms with Crippen LogP contribution in [0.15, 0.2) is 22.7 Å². The number of amides is 2. The summed E-state index contributed by atoms with van der Waals surface area (Å²) in [6.07, 6.45) is 2.18. The molecule has 0 atom stereocenters. The molecule has 0 radical (unpaired) electrons. The fourth-order valence-corrected chi connectivity index (χ4v) is 1.91. The van der Waals surface area contributed by atoms with Crippen LogP contribution in [0.3, 0.4) is 0 Å². The molecule has 5 heteroatoms. The lowest BCUT2D eigenvalue weighted by molar-refractivity contribution is 0.240. The van der Waals surface area contributed by atoms with Gasteiger partial charge in [0.05, 0.1) is 0 Å². The monoisotopic (exact) mass is 302 g/mol. The van der Waals surface area contributed by atoms with E-state index in [1.165, 1.54) is 0 Å². The van der Waals surface area contributed by atoms with Crippen molar-refractivity contribution < 1.29 is 4.79 Å². The Labute approximate surface area is 108 Å². The molecular formula is C11H12BrClN2O. The molecule has 0 spiro atoms. The Hall–Kier alpha value is -0.740. The van der Waals surface area contributed by atoms with Gasteiger partial charge in [-0.05, 0) is 36.6 Å². The Bertz CT molecular complexity index is 407. The Balaban J connectivity index is 1.87. The zero-order valence-corrected chi connectivity index (χ0v) is 10.9. The maximum absolute atomic E-state index is 11.4. The second-order valence-corrected chi connectivity index (χ2v) is 5.16. The van der Waals surface area contributed by atoms with Gasteiger partial charge >= 0.3 is 6.03 Å². The lowest BCUT2D eigenvalue weighted by atomic mass is 10.2. The van der Waals surface area contributed by atoms with Gasteiger partial charge in [-0.25, -0.2) is 4.79 Å². The highest BCUT2D eigenvalue weighted by molar-refractivity contribution is 9.10. The van der Waals surface area contributed by atoms with Crippen molar-refractivity contribution in [2.45, 2.75) is 25.4 Å². The summed E-state index contributed by atoms with van der Waals surface area (Å²) >= 11 is 9.37. The Morgan fingerprint density at radius 2 is 2.25 bits per heavy atom. The van der Waals surface area contributed by atoms with Crippen molar-refractivity contribution >= 4 is 33.6 Å². The third-order valence-electron chi connectivity index (χ3n) is 2.36. The van der Waals surface area contributed by atoms with Gasteiger partial charge in [0.15, 0.2) is 0 Å². The molecule has 3 nitrogen and oxygen atoms in total. The first kappa shape index (κ1) is 11.7. The van der Waals surface area contributed by atoms with Crippen LogP contribution in [-0.4, -0.2) is 12.1 Å². The predicted octanol–water partition coefficient (Wildman–Crippen LogP) is 3.06. The first-order valence-electron chi connectivity index (χ1n) is 5.13. The molecule has 1 aliphatic rings. The normalized spacial score (nSPS) is 14.6. The summed E-state index contributed by atoms with van der Waals surface area (Å²) in [6, 6.07) is 5.83. The van der Waals surface area contributed by atoms with Gasteiger partial charge in [0, 0.05) is 22.1 Å². The molecule has 0 bridgehead atoms. The molecule has 0 heterocycles. The van der Waals surface area contributed by atoms with Crippen LogP contribution in [0.25, 0.3) is 0 Å². The van der Waals surface area contributed by atoms with Crippen LogP contribution < -0.4 is 10.6 Å². The number of carbonyl (C=O) groups is 1. The minimum absolute atomic E-state index is 0.126. The van der Waals surface area contributed by atoms with Crippen molar-refractivity contribution in [3.63, 3.8) is 0 Å². The molecule has 2 N–H and O–H groups in total. The van der Waals surface area contributed by atoms with Crippen molar-refractivity contribution in [3.8, 4) is 0 Å². The van der Waals surface area contributed by atoms with E-state index in [4.69, 9.17) is 11.6 Å². The second-order valence-electron chi connectivity index (χ2n) is 3.84.